The summed E-state index contributed by atoms with van der Waals surface area (Å²) in [7, 11) is 0. The van der Waals surface area contributed by atoms with E-state index in [0.717, 1.165) is 0 Å². The number of anilines is 1. The van der Waals surface area contributed by atoms with Crippen LogP contribution in [0.5, 0.6) is 0 Å². The lowest BCUT2D eigenvalue weighted by atomic mass is 10.2. The first-order valence-corrected chi connectivity index (χ1v) is 8.60. The number of hydrazine groups is 1. The van der Waals surface area contributed by atoms with Gasteiger partial charge in [-0.05, 0) is 60.7 Å². The fraction of sp³-hybridized carbons (Fsp3) is 0.111. The van der Waals surface area contributed by atoms with Crippen molar-refractivity contribution in [1.82, 2.24) is 21.0 Å². The quantitative estimate of drug-likeness (QED) is 0.446. The van der Waals surface area contributed by atoms with E-state index in [4.69, 9.17) is 16.7 Å². The molecule has 0 saturated carbocycles. The average molecular weight is 403 g/mol. The molecule has 0 saturated heterocycles. The molecular weight excluding hydrogens is 388 g/mol. The Labute approximate surface area is 164 Å². The van der Waals surface area contributed by atoms with Gasteiger partial charge >= 0.3 is 0 Å². The van der Waals surface area contributed by atoms with Crippen molar-refractivity contribution in [3.8, 4) is 11.4 Å². The maximum absolute atomic E-state index is 12.9. The molecule has 0 atom stereocenters. The summed E-state index contributed by atoms with van der Waals surface area (Å²) in [5.41, 5.74) is 6.16. The highest BCUT2D eigenvalue weighted by Crippen LogP contribution is 2.16. The number of nitrogens with one attached hydrogen (secondary N) is 3. The zero-order valence-corrected chi connectivity index (χ0v) is 15.2. The van der Waals surface area contributed by atoms with Gasteiger partial charge in [-0.25, -0.2) is 8.78 Å². The number of hydrogen-bond acceptors (Lipinski definition) is 5. The lowest BCUT2D eigenvalue weighted by Crippen LogP contribution is -2.43. The maximum Gasteiger partial charge on any atom is 0.238 e. The zero-order valence-electron chi connectivity index (χ0n) is 14.4. The van der Waals surface area contributed by atoms with Crippen LogP contribution in [0.3, 0.4) is 0 Å². The minimum Gasteiger partial charge on any atom is -0.339 e. The van der Waals surface area contributed by atoms with Gasteiger partial charge in [-0.3, -0.25) is 15.6 Å². The van der Waals surface area contributed by atoms with E-state index >= 15 is 0 Å². The Kier molecular flexibility index (Phi) is 6.22. The summed E-state index contributed by atoms with van der Waals surface area (Å²) in [4.78, 5) is 16.1. The number of hydrogen-bond donors (Lipinski definition) is 3. The van der Waals surface area contributed by atoms with Crippen molar-refractivity contribution >= 4 is 28.9 Å². The van der Waals surface area contributed by atoms with Crippen molar-refractivity contribution in [2.24, 2.45) is 0 Å². The third kappa shape index (κ3) is 5.55. The molecule has 10 heteroatoms. The molecule has 3 rings (SSSR count). The van der Waals surface area contributed by atoms with E-state index in [-0.39, 0.29) is 41.4 Å². The summed E-state index contributed by atoms with van der Waals surface area (Å²) in [5.74, 6) is -0.464. The predicted octanol–water partition coefficient (Wildman–Crippen LogP) is 2.97. The van der Waals surface area contributed by atoms with Gasteiger partial charge in [-0.1, -0.05) is 5.16 Å². The van der Waals surface area contributed by atoms with Crippen LogP contribution in [0.2, 0.25) is 0 Å². The van der Waals surface area contributed by atoms with Gasteiger partial charge in [0.25, 0.3) is 0 Å². The Morgan fingerprint density at radius 3 is 2.32 bits per heavy atom. The second kappa shape index (κ2) is 9.00. The topological polar surface area (TPSA) is 92.1 Å². The molecule has 3 aromatic rings. The summed E-state index contributed by atoms with van der Waals surface area (Å²) in [5, 5.41) is 6.75. The molecule has 28 heavy (non-hydrogen) atoms. The number of aromatic nitrogens is 2. The number of halogens is 2. The van der Waals surface area contributed by atoms with Crippen LogP contribution < -0.4 is 16.2 Å². The number of rotatable bonds is 5. The summed E-state index contributed by atoms with van der Waals surface area (Å²) in [6.07, 6.45) is 0.303. The number of amides is 1. The zero-order chi connectivity index (χ0) is 19.9. The van der Waals surface area contributed by atoms with Crippen LogP contribution in [-0.4, -0.2) is 21.2 Å². The number of carbonyl (C=O) groups excluding carboxylic acids is 1. The minimum atomic E-state index is -0.360. The molecule has 0 bridgehead atoms. The number of aryl methyl sites for hydroxylation is 1. The lowest BCUT2D eigenvalue weighted by molar-refractivity contribution is -0.121. The SMILES string of the molecule is O=C(CCc1nc(-c2ccc(F)cc2)no1)NNC(=S)Nc1ccc(F)cc1. The van der Waals surface area contributed by atoms with E-state index in [2.05, 4.69) is 26.3 Å². The van der Waals surface area contributed by atoms with Crippen molar-refractivity contribution in [2.45, 2.75) is 12.8 Å². The Bertz CT molecular complexity index is 961. The molecule has 0 unspecified atom stereocenters. The summed E-state index contributed by atoms with van der Waals surface area (Å²) in [6, 6.07) is 11.3. The van der Waals surface area contributed by atoms with Gasteiger partial charge in [0.2, 0.25) is 17.6 Å². The van der Waals surface area contributed by atoms with Gasteiger partial charge in [-0.15, -0.1) is 0 Å². The van der Waals surface area contributed by atoms with E-state index in [1.54, 1.807) is 0 Å². The van der Waals surface area contributed by atoms with Gasteiger partial charge in [0.05, 0.1) is 0 Å². The summed E-state index contributed by atoms with van der Waals surface area (Å²) in [6.45, 7) is 0. The van der Waals surface area contributed by atoms with Crippen molar-refractivity contribution < 1.29 is 18.1 Å². The van der Waals surface area contributed by atoms with Crippen LogP contribution in [0.25, 0.3) is 11.4 Å². The number of carbonyl (C=O) groups is 1. The van der Waals surface area contributed by atoms with E-state index in [0.29, 0.717) is 17.1 Å². The molecular formula is C18H15F2N5O2S. The molecule has 1 aromatic heterocycles. The standard InChI is InChI=1S/C18H15F2N5O2S/c19-12-3-1-11(2-4-12)17-22-16(27-25-17)10-9-15(26)23-24-18(28)21-14-7-5-13(20)6-8-14/h1-8H,9-10H2,(H,23,26)(H2,21,24,28). The average Bonchev–Trinajstić information content (AvgIpc) is 3.16. The van der Waals surface area contributed by atoms with Gasteiger partial charge in [0.1, 0.15) is 11.6 Å². The second-order valence-electron chi connectivity index (χ2n) is 5.65. The molecule has 0 aliphatic carbocycles. The van der Waals surface area contributed by atoms with Gasteiger partial charge in [0, 0.05) is 24.1 Å². The Morgan fingerprint density at radius 2 is 1.64 bits per heavy atom. The monoisotopic (exact) mass is 403 g/mol. The highest BCUT2D eigenvalue weighted by Gasteiger charge is 2.11. The fourth-order valence-corrected chi connectivity index (χ4v) is 2.35. The minimum absolute atomic E-state index is 0.0806. The number of benzene rings is 2. The van der Waals surface area contributed by atoms with E-state index in [9.17, 15) is 13.6 Å². The van der Waals surface area contributed by atoms with Gasteiger partial charge < -0.3 is 9.84 Å². The van der Waals surface area contributed by atoms with E-state index in [1.165, 1.54) is 48.5 Å². The molecule has 0 fully saturated rings. The van der Waals surface area contributed by atoms with Crippen molar-refractivity contribution in [3.63, 3.8) is 0 Å². The van der Waals surface area contributed by atoms with Crippen LogP contribution in [-0.2, 0) is 11.2 Å². The lowest BCUT2D eigenvalue weighted by Gasteiger charge is -2.11. The van der Waals surface area contributed by atoms with Gasteiger partial charge in [-0.2, -0.15) is 4.98 Å². The second-order valence-corrected chi connectivity index (χ2v) is 6.06. The van der Waals surface area contributed by atoms with Crippen LogP contribution in [0, 0.1) is 11.6 Å². The first-order valence-electron chi connectivity index (χ1n) is 8.19. The van der Waals surface area contributed by atoms with Crippen molar-refractivity contribution in [3.05, 3.63) is 66.1 Å². The summed E-state index contributed by atoms with van der Waals surface area (Å²) < 4.78 is 30.9. The first kappa shape index (κ1) is 19.4. The smallest absolute Gasteiger partial charge is 0.238 e. The largest absolute Gasteiger partial charge is 0.339 e. The van der Waals surface area contributed by atoms with Crippen LogP contribution in [0.15, 0.2) is 53.1 Å². The van der Waals surface area contributed by atoms with Crippen LogP contribution >= 0.6 is 12.2 Å². The molecule has 7 nitrogen and oxygen atoms in total. The molecule has 0 aliphatic heterocycles. The van der Waals surface area contributed by atoms with Gasteiger partial charge in [0.15, 0.2) is 5.11 Å². The van der Waals surface area contributed by atoms with E-state index in [1.807, 2.05) is 0 Å². The Morgan fingerprint density at radius 1 is 1.00 bits per heavy atom. The number of thiocarbonyl (C=S) groups is 1. The molecule has 0 spiro atoms. The highest BCUT2D eigenvalue weighted by molar-refractivity contribution is 7.80. The molecule has 0 radical (unpaired) electrons. The third-order valence-corrected chi connectivity index (χ3v) is 3.76. The molecule has 3 N–H and O–H groups in total. The maximum atomic E-state index is 12.9. The fourth-order valence-electron chi connectivity index (χ4n) is 2.18. The highest BCUT2D eigenvalue weighted by atomic mass is 32.1. The predicted molar refractivity (Wildman–Crippen MR) is 102 cm³/mol. The summed E-state index contributed by atoms with van der Waals surface area (Å²) >= 11 is 5.03. The molecule has 2 aromatic carbocycles. The van der Waals surface area contributed by atoms with Crippen molar-refractivity contribution in [2.75, 3.05) is 5.32 Å². The Hall–Kier alpha value is -3.40. The normalized spacial score (nSPS) is 10.4. The van der Waals surface area contributed by atoms with Crippen LogP contribution in [0.1, 0.15) is 12.3 Å². The molecule has 0 aliphatic rings. The first-order chi connectivity index (χ1) is 13.5. The van der Waals surface area contributed by atoms with E-state index < -0.39 is 0 Å². The molecule has 144 valence electrons. The molecule has 1 heterocycles. The Balaban J connectivity index is 1.42. The molecule has 1 amide bonds. The third-order valence-electron chi connectivity index (χ3n) is 3.55. The van der Waals surface area contributed by atoms with Crippen molar-refractivity contribution in [1.29, 1.82) is 0 Å². The van der Waals surface area contributed by atoms with Crippen LogP contribution in [0.4, 0.5) is 14.5 Å². The number of nitrogens with zero attached hydrogens (tertiary/aromatic N) is 2.